The molecule has 0 bridgehead atoms. The van der Waals surface area contributed by atoms with E-state index in [1.54, 1.807) is 0 Å². The number of carbonyl (C=O) groups is 1. The monoisotopic (exact) mass is 170 g/mol. The Balaban J connectivity index is 2.84. The summed E-state index contributed by atoms with van der Waals surface area (Å²) in [6.07, 6.45) is 4.36. The van der Waals surface area contributed by atoms with Crippen LogP contribution in [0, 0.1) is 10.8 Å². The zero-order chi connectivity index (χ0) is 9.41. The van der Waals surface area contributed by atoms with Crippen molar-refractivity contribution in [1.29, 1.82) is 0 Å². The molecule has 2 nitrogen and oxygen atoms in total. The summed E-state index contributed by atoms with van der Waals surface area (Å²) in [5, 5.41) is 9.07. The van der Waals surface area contributed by atoms with Crippen LogP contribution in [-0.2, 0) is 4.79 Å². The van der Waals surface area contributed by atoms with Gasteiger partial charge in [-0.1, -0.05) is 13.3 Å². The van der Waals surface area contributed by atoms with Gasteiger partial charge in [0.05, 0.1) is 5.41 Å². The van der Waals surface area contributed by atoms with Crippen LogP contribution in [0.15, 0.2) is 0 Å². The summed E-state index contributed by atoms with van der Waals surface area (Å²) in [5.41, 5.74) is -0.459. The lowest BCUT2D eigenvalue weighted by molar-refractivity contribution is -0.161. The molecule has 1 aliphatic carbocycles. The molecule has 0 aromatic rings. The van der Waals surface area contributed by atoms with Gasteiger partial charge in [-0.3, -0.25) is 4.79 Å². The highest BCUT2D eigenvalue weighted by Crippen LogP contribution is 2.56. The molecular weight excluding hydrogens is 152 g/mol. The first kappa shape index (κ1) is 9.56. The molecule has 1 fully saturated rings. The smallest absolute Gasteiger partial charge is 0.309 e. The highest BCUT2D eigenvalue weighted by molar-refractivity contribution is 5.75. The van der Waals surface area contributed by atoms with Gasteiger partial charge in [-0.2, -0.15) is 0 Å². The van der Waals surface area contributed by atoms with Gasteiger partial charge in [-0.15, -0.1) is 0 Å². The number of carboxylic acids is 1. The molecule has 0 amide bonds. The Labute approximate surface area is 74.0 Å². The fraction of sp³-hybridized carbons (Fsp3) is 0.900. The minimum atomic E-state index is -0.649. The number of rotatable bonds is 3. The van der Waals surface area contributed by atoms with E-state index in [1.807, 2.05) is 13.8 Å². The first-order valence-corrected chi connectivity index (χ1v) is 4.70. The van der Waals surface area contributed by atoms with Gasteiger partial charge in [0, 0.05) is 0 Å². The van der Waals surface area contributed by atoms with Crippen LogP contribution in [0.5, 0.6) is 0 Å². The van der Waals surface area contributed by atoms with Crippen LogP contribution in [0.2, 0.25) is 0 Å². The number of carboxylic acid groups (broad SMARTS) is 1. The van der Waals surface area contributed by atoms with Gasteiger partial charge in [-0.25, -0.2) is 0 Å². The third kappa shape index (κ3) is 1.05. The molecule has 1 saturated carbocycles. The highest BCUT2D eigenvalue weighted by Gasteiger charge is 2.52. The van der Waals surface area contributed by atoms with Crippen molar-refractivity contribution in [2.45, 2.75) is 46.5 Å². The molecule has 0 aliphatic heterocycles. The van der Waals surface area contributed by atoms with Crippen LogP contribution in [0.4, 0.5) is 0 Å². The molecule has 0 spiro atoms. The zero-order valence-corrected chi connectivity index (χ0v) is 8.18. The minimum absolute atomic E-state index is 0.0822. The third-order valence-electron chi connectivity index (χ3n) is 3.85. The molecule has 0 heterocycles. The predicted molar refractivity (Wildman–Crippen MR) is 48.0 cm³/mol. The van der Waals surface area contributed by atoms with Gasteiger partial charge < -0.3 is 5.11 Å². The molecule has 1 rings (SSSR count). The van der Waals surface area contributed by atoms with E-state index in [9.17, 15) is 4.79 Å². The molecule has 0 atom stereocenters. The average molecular weight is 170 g/mol. The second kappa shape index (κ2) is 2.75. The Morgan fingerprint density at radius 3 is 2.08 bits per heavy atom. The zero-order valence-electron chi connectivity index (χ0n) is 8.18. The molecule has 1 aliphatic rings. The second-order valence-corrected chi connectivity index (χ2v) is 4.42. The van der Waals surface area contributed by atoms with Gasteiger partial charge in [0.15, 0.2) is 0 Å². The van der Waals surface area contributed by atoms with Crippen LogP contribution >= 0.6 is 0 Å². The van der Waals surface area contributed by atoms with Gasteiger partial charge in [0.25, 0.3) is 0 Å². The largest absolute Gasteiger partial charge is 0.481 e. The van der Waals surface area contributed by atoms with Crippen LogP contribution < -0.4 is 0 Å². The van der Waals surface area contributed by atoms with Crippen molar-refractivity contribution in [2.75, 3.05) is 0 Å². The Hall–Kier alpha value is -0.530. The average Bonchev–Trinajstić information content (AvgIpc) is 1.85. The Morgan fingerprint density at radius 1 is 1.50 bits per heavy atom. The van der Waals surface area contributed by atoms with Crippen molar-refractivity contribution in [3.8, 4) is 0 Å². The molecule has 0 radical (unpaired) electrons. The van der Waals surface area contributed by atoms with E-state index in [-0.39, 0.29) is 5.41 Å². The van der Waals surface area contributed by atoms with Gasteiger partial charge in [-0.05, 0) is 38.5 Å². The van der Waals surface area contributed by atoms with Crippen molar-refractivity contribution in [3.05, 3.63) is 0 Å². The molecular formula is C10H18O2. The van der Waals surface area contributed by atoms with E-state index in [4.69, 9.17) is 5.11 Å². The van der Waals surface area contributed by atoms with Gasteiger partial charge in [0.2, 0.25) is 0 Å². The summed E-state index contributed by atoms with van der Waals surface area (Å²) in [6.45, 7) is 5.82. The van der Waals surface area contributed by atoms with Crippen molar-refractivity contribution in [3.63, 3.8) is 0 Å². The van der Waals surface area contributed by atoms with Crippen molar-refractivity contribution in [2.24, 2.45) is 10.8 Å². The topological polar surface area (TPSA) is 37.3 Å². The normalized spacial score (nSPS) is 21.6. The molecule has 1 N–H and O–H groups in total. The first-order valence-electron chi connectivity index (χ1n) is 4.70. The lowest BCUT2D eigenvalue weighted by atomic mass is 9.53. The van der Waals surface area contributed by atoms with Crippen molar-refractivity contribution < 1.29 is 9.90 Å². The third-order valence-corrected chi connectivity index (χ3v) is 3.85. The quantitative estimate of drug-likeness (QED) is 0.707. The van der Waals surface area contributed by atoms with Gasteiger partial charge in [0.1, 0.15) is 0 Å². The maximum Gasteiger partial charge on any atom is 0.309 e. The van der Waals surface area contributed by atoms with E-state index in [0.29, 0.717) is 0 Å². The van der Waals surface area contributed by atoms with E-state index >= 15 is 0 Å². The lowest BCUT2D eigenvalue weighted by Crippen LogP contribution is -2.47. The van der Waals surface area contributed by atoms with E-state index in [0.717, 1.165) is 19.3 Å². The maximum atomic E-state index is 11.0. The summed E-state index contributed by atoms with van der Waals surface area (Å²) in [7, 11) is 0. The van der Waals surface area contributed by atoms with Crippen molar-refractivity contribution >= 4 is 5.97 Å². The van der Waals surface area contributed by atoms with Gasteiger partial charge >= 0.3 is 5.97 Å². The lowest BCUT2D eigenvalue weighted by Gasteiger charge is -2.50. The fourth-order valence-corrected chi connectivity index (χ4v) is 2.25. The Kier molecular flexibility index (Phi) is 2.19. The summed E-state index contributed by atoms with van der Waals surface area (Å²) >= 11 is 0. The van der Waals surface area contributed by atoms with E-state index in [2.05, 4.69) is 6.92 Å². The highest BCUT2D eigenvalue weighted by atomic mass is 16.4. The summed E-state index contributed by atoms with van der Waals surface area (Å²) < 4.78 is 0. The summed E-state index contributed by atoms with van der Waals surface area (Å²) in [5.74, 6) is -0.649. The van der Waals surface area contributed by atoms with Crippen LogP contribution in [-0.4, -0.2) is 11.1 Å². The van der Waals surface area contributed by atoms with E-state index in [1.165, 1.54) is 6.42 Å². The van der Waals surface area contributed by atoms with E-state index < -0.39 is 11.4 Å². The standard InChI is InChI=1S/C10H18O2/c1-4-10(6-5-7-10)9(2,3)8(11)12/h4-7H2,1-3H3,(H,11,12). The van der Waals surface area contributed by atoms with Crippen LogP contribution in [0.3, 0.4) is 0 Å². The molecule has 2 heteroatoms. The summed E-state index contributed by atoms with van der Waals surface area (Å²) in [4.78, 5) is 11.0. The second-order valence-electron chi connectivity index (χ2n) is 4.42. The Bertz CT molecular complexity index is 185. The maximum absolute atomic E-state index is 11.0. The summed E-state index contributed by atoms with van der Waals surface area (Å²) in [6, 6.07) is 0. The van der Waals surface area contributed by atoms with Crippen LogP contribution in [0.1, 0.15) is 46.5 Å². The molecule has 0 saturated heterocycles. The predicted octanol–water partition coefficient (Wildman–Crippen LogP) is 2.68. The first-order chi connectivity index (χ1) is 5.46. The van der Waals surface area contributed by atoms with Crippen molar-refractivity contribution in [1.82, 2.24) is 0 Å². The molecule has 0 aromatic heterocycles. The number of hydrogen-bond donors (Lipinski definition) is 1. The fourth-order valence-electron chi connectivity index (χ4n) is 2.25. The SMILES string of the molecule is CCC1(C(C)(C)C(=O)O)CCC1. The number of aliphatic carboxylic acids is 1. The van der Waals surface area contributed by atoms with Crippen LogP contribution in [0.25, 0.3) is 0 Å². The molecule has 12 heavy (non-hydrogen) atoms. The molecule has 70 valence electrons. The number of hydrogen-bond acceptors (Lipinski definition) is 1. The molecule has 0 unspecified atom stereocenters. The Morgan fingerprint density at radius 2 is 2.00 bits per heavy atom. The minimum Gasteiger partial charge on any atom is -0.481 e. The molecule has 0 aromatic carbocycles.